The van der Waals surface area contributed by atoms with E-state index < -0.39 is 47.3 Å². The van der Waals surface area contributed by atoms with Crippen LogP contribution in [0.2, 0.25) is 0 Å². The van der Waals surface area contributed by atoms with Gasteiger partial charge in [0.25, 0.3) is 5.91 Å². The van der Waals surface area contributed by atoms with Gasteiger partial charge in [-0.05, 0) is 18.2 Å². The molecule has 9 nitrogen and oxygen atoms in total. The number of anilines is 1. The summed E-state index contributed by atoms with van der Waals surface area (Å²) in [5.41, 5.74) is -0.00842. The minimum atomic E-state index is -4.64. The van der Waals surface area contributed by atoms with Crippen molar-refractivity contribution in [3.8, 4) is 0 Å². The summed E-state index contributed by atoms with van der Waals surface area (Å²) in [5.74, 6) is -2.16. The molecule has 3 amide bonds. The first-order valence-electron chi connectivity index (χ1n) is 6.75. The maximum Gasteiger partial charge on any atom is 0.405 e. The van der Waals surface area contributed by atoms with Crippen molar-refractivity contribution in [2.24, 2.45) is 0 Å². The Kier molecular flexibility index (Phi) is 6.94. The lowest BCUT2D eigenvalue weighted by molar-refractivity contribution is -0.125. The molecule has 1 rings (SSSR count). The maximum absolute atomic E-state index is 11.9. The molecule has 0 aliphatic rings. The van der Waals surface area contributed by atoms with Gasteiger partial charge in [0.05, 0.1) is 11.8 Å². The van der Waals surface area contributed by atoms with Crippen LogP contribution in [0.25, 0.3) is 0 Å². The Bertz CT molecular complexity index is 795. The van der Waals surface area contributed by atoms with Gasteiger partial charge < -0.3 is 10.1 Å². The van der Waals surface area contributed by atoms with E-state index in [9.17, 15) is 36.0 Å². The molecule has 26 heavy (non-hydrogen) atoms. The molecule has 0 aliphatic carbocycles. The zero-order valence-electron chi connectivity index (χ0n) is 13.2. The summed E-state index contributed by atoms with van der Waals surface area (Å²) in [5, 5.41) is 2.94. The number of halogens is 3. The molecule has 3 N–H and O–H groups in total. The van der Waals surface area contributed by atoms with E-state index in [0.29, 0.717) is 0 Å². The largest absolute Gasteiger partial charge is 0.452 e. The highest BCUT2D eigenvalue weighted by molar-refractivity contribution is 7.92. The Morgan fingerprint density at radius 2 is 1.85 bits per heavy atom. The van der Waals surface area contributed by atoms with Crippen molar-refractivity contribution in [1.29, 1.82) is 0 Å². The van der Waals surface area contributed by atoms with Gasteiger partial charge in [-0.3, -0.25) is 14.8 Å². The average Bonchev–Trinajstić information content (AvgIpc) is 2.48. The standard InChI is InChI=1S/C13H14F3N3O6S/c1-26(23,24)19-9-4-2-3-8(5-9)11(21)25-6-10(20)18-12(22)17-7-13(14,15)16/h2-5,19H,6-7H2,1H3,(H2,17,18,20,22). The molecule has 0 bridgehead atoms. The summed E-state index contributed by atoms with van der Waals surface area (Å²) < 4.78 is 64.7. The predicted molar refractivity (Wildman–Crippen MR) is 82.8 cm³/mol. The highest BCUT2D eigenvalue weighted by atomic mass is 32.2. The van der Waals surface area contributed by atoms with Crippen molar-refractivity contribution in [1.82, 2.24) is 10.6 Å². The van der Waals surface area contributed by atoms with E-state index in [4.69, 9.17) is 0 Å². The Morgan fingerprint density at radius 1 is 1.19 bits per heavy atom. The molecule has 0 aliphatic heterocycles. The molecule has 0 atom stereocenters. The number of alkyl halides is 3. The monoisotopic (exact) mass is 397 g/mol. The second-order valence-electron chi connectivity index (χ2n) is 4.88. The van der Waals surface area contributed by atoms with Crippen molar-refractivity contribution in [2.75, 3.05) is 24.1 Å². The lowest BCUT2D eigenvalue weighted by atomic mass is 10.2. The molecule has 144 valence electrons. The number of imide groups is 1. The van der Waals surface area contributed by atoms with Crippen LogP contribution in [-0.2, 0) is 19.6 Å². The number of amides is 3. The Morgan fingerprint density at radius 3 is 2.42 bits per heavy atom. The number of carbonyl (C=O) groups excluding carboxylic acids is 3. The van der Waals surface area contributed by atoms with E-state index in [1.807, 2.05) is 0 Å². The number of rotatable bonds is 6. The first kappa shape index (κ1) is 21.2. The van der Waals surface area contributed by atoms with E-state index in [1.54, 1.807) is 5.32 Å². The summed E-state index contributed by atoms with van der Waals surface area (Å²) >= 11 is 0. The Balaban J connectivity index is 2.52. The summed E-state index contributed by atoms with van der Waals surface area (Å²) in [6.07, 6.45) is -3.73. The van der Waals surface area contributed by atoms with Gasteiger partial charge in [0.15, 0.2) is 6.61 Å². The van der Waals surface area contributed by atoms with E-state index in [0.717, 1.165) is 12.3 Å². The molecule has 1 aromatic carbocycles. The molecule has 0 aromatic heterocycles. The summed E-state index contributed by atoms with van der Waals surface area (Å²) in [6, 6.07) is 3.76. The van der Waals surface area contributed by atoms with Crippen molar-refractivity contribution in [2.45, 2.75) is 6.18 Å². The molecule has 0 unspecified atom stereocenters. The predicted octanol–water partition coefficient (Wildman–Crippen LogP) is 0.603. The van der Waals surface area contributed by atoms with Gasteiger partial charge in [-0.2, -0.15) is 13.2 Å². The van der Waals surface area contributed by atoms with Gasteiger partial charge in [0.2, 0.25) is 10.0 Å². The third kappa shape index (κ3) is 8.86. The van der Waals surface area contributed by atoms with Crippen LogP contribution < -0.4 is 15.4 Å². The second-order valence-corrected chi connectivity index (χ2v) is 6.63. The first-order valence-corrected chi connectivity index (χ1v) is 8.64. The van der Waals surface area contributed by atoms with E-state index in [2.05, 4.69) is 9.46 Å². The molecular formula is C13H14F3N3O6S. The van der Waals surface area contributed by atoms with E-state index in [-0.39, 0.29) is 11.3 Å². The van der Waals surface area contributed by atoms with Gasteiger partial charge in [0.1, 0.15) is 6.54 Å². The maximum atomic E-state index is 11.9. The minimum absolute atomic E-state index is 0.0814. The SMILES string of the molecule is CS(=O)(=O)Nc1cccc(C(=O)OCC(=O)NC(=O)NCC(F)(F)F)c1. The molecule has 13 heteroatoms. The number of sulfonamides is 1. The number of nitrogens with one attached hydrogen (secondary N) is 3. The van der Waals surface area contributed by atoms with Crippen LogP contribution in [0, 0.1) is 0 Å². The lowest BCUT2D eigenvalue weighted by Crippen LogP contribution is -2.44. The second kappa shape index (κ2) is 8.51. The van der Waals surface area contributed by atoms with E-state index >= 15 is 0 Å². The highest BCUT2D eigenvalue weighted by Crippen LogP contribution is 2.13. The quantitative estimate of drug-likeness (QED) is 0.603. The molecular weight excluding hydrogens is 383 g/mol. The summed E-state index contributed by atoms with van der Waals surface area (Å²) in [6.45, 7) is -2.56. The van der Waals surface area contributed by atoms with Crippen LogP contribution in [-0.4, -0.2) is 51.9 Å². The van der Waals surface area contributed by atoms with E-state index in [1.165, 1.54) is 23.5 Å². The Hall–Kier alpha value is -2.83. The topological polar surface area (TPSA) is 131 Å². The van der Waals surface area contributed by atoms with Crippen LogP contribution in [0.15, 0.2) is 24.3 Å². The number of hydrogen-bond donors (Lipinski definition) is 3. The number of benzene rings is 1. The van der Waals surface area contributed by atoms with Gasteiger partial charge in [0, 0.05) is 5.69 Å². The zero-order chi connectivity index (χ0) is 20.0. The number of urea groups is 1. The van der Waals surface area contributed by atoms with Gasteiger partial charge in [-0.1, -0.05) is 6.07 Å². The summed E-state index contributed by atoms with van der Waals surface area (Å²) in [4.78, 5) is 34.2. The number of carbonyl (C=O) groups is 3. The minimum Gasteiger partial charge on any atom is -0.452 e. The number of hydrogen-bond acceptors (Lipinski definition) is 6. The van der Waals surface area contributed by atoms with Crippen molar-refractivity contribution in [3.05, 3.63) is 29.8 Å². The molecule has 0 heterocycles. The average molecular weight is 397 g/mol. The Labute approximate surface area is 145 Å². The third-order valence-electron chi connectivity index (χ3n) is 2.44. The molecule has 0 saturated heterocycles. The molecule has 0 spiro atoms. The van der Waals surface area contributed by atoms with Crippen LogP contribution in [0.3, 0.4) is 0 Å². The fraction of sp³-hybridized carbons (Fsp3) is 0.308. The lowest BCUT2D eigenvalue weighted by Gasteiger charge is -2.09. The van der Waals surface area contributed by atoms with Crippen LogP contribution in [0.5, 0.6) is 0 Å². The normalized spacial score (nSPS) is 11.4. The first-order chi connectivity index (χ1) is 11.9. The van der Waals surface area contributed by atoms with Crippen LogP contribution >= 0.6 is 0 Å². The van der Waals surface area contributed by atoms with Crippen molar-refractivity contribution >= 4 is 33.6 Å². The smallest absolute Gasteiger partial charge is 0.405 e. The fourth-order valence-electron chi connectivity index (χ4n) is 1.53. The molecule has 0 saturated carbocycles. The number of esters is 1. The molecule has 0 fully saturated rings. The van der Waals surface area contributed by atoms with Crippen LogP contribution in [0.4, 0.5) is 23.7 Å². The van der Waals surface area contributed by atoms with Gasteiger partial charge >= 0.3 is 18.2 Å². The van der Waals surface area contributed by atoms with Crippen LogP contribution in [0.1, 0.15) is 10.4 Å². The zero-order valence-corrected chi connectivity index (χ0v) is 14.0. The third-order valence-corrected chi connectivity index (χ3v) is 3.04. The van der Waals surface area contributed by atoms with Gasteiger partial charge in [-0.25, -0.2) is 18.0 Å². The molecule has 0 radical (unpaired) electrons. The van der Waals surface area contributed by atoms with Crippen molar-refractivity contribution in [3.63, 3.8) is 0 Å². The highest BCUT2D eigenvalue weighted by Gasteiger charge is 2.28. The number of ether oxygens (including phenoxy) is 1. The summed E-state index contributed by atoms with van der Waals surface area (Å²) in [7, 11) is -3.57. The van der Waals surface area contributed by atoms with Crippen molar-refractivity contribution < 1.29 is 40.7 Å². The molecule has 1 aromatic rings. The fourth-order valence-corrected chi connectivity index (χ4v) is 2.08. The van der Waals surface area contributed by atoms with Gasteiger partial charge in [-0.15, -0.1) is 0 Å².